The van der Waals surface area contributed by atoms with Crippen LogP contribution in [0, 0.1) is 26.2 Å². The second kappa shape index (κ2) is 7.78. The standard InChI is InChI=1S/C21H20N6.Pd/c1-15-11-26(13-22-15)19-9-5-7-17(24-19)21(3,4)18-8-6-10-20(25-18)27-12-16(2)23-14-27;/h5-10,13-14H,1-4H3;/q-2;+2. The van der Waals surface area contributed by atoms with Crippen LogP contribution in [-0.2, 0) is 25.8 Å². The molecule has 0 saturated heterocycles. The van der Waals surface area contributed by atoms with E-state index in [-0.39, 0.29) is 25.8 Å². The molecule has 4 aromatic rings. The normalized spacial score (nSPS) is 11.3. The van der Waals surface area contributed by atoms with Crippen LogP contribution in [-0.4, -0.2) is 29.1 Å². The van der Waals surface area contributed by atoms with E-state index >= 15 is 0 Å². The van der Waals surface area contributed by atoms with Crippen molar-refractivity contribution in [1.82, 2.24) is 29.1 Å². The van der Waals surface area contributed by atoms with Crippen molar-refractivity contribution >= 4 is 0 Å². The van der Waals surface area contributed by atoms with Gasteiger partial charge in [0.05, 0.1) is 0 Å². The molecule has 0 unspecified atom stereocenters. The van der Waals surface area contributed by atoms with Crippen LogP contribution in [0.4, 0.5) is 0 Å². The summed E-state index contributed by atoms with van der Waals surface area (Å²) in [6.07, 6.45) is 9.77. The number of rotatable bonds is 4. The van der Waals surface area contributed by atoms with Crippen LogP contribution in [0.2, 0.25) is 0 Å². The second-order valence-electron chi connectivity index (χ2n) is 7.01. The molecular formula is C21H20N6Pd. The minimum Gasteiger partial charge on any atom is -0.453 e. The fraction of sp³-hybridized carbons (Fsp3) is 0.238. The first-order chi connectivity index (χ1) is 12.9. The molecule has 0 aliphatic heterocycles. The number of aromatic nitrogens is 6. The summed E-state index contributed by atoms with van der Waals surface area (Å²) in [6.45, 7) is 8.07. The molecule has 0 N–H and O–H groups in total. The molecule has 0 aromatic carbocycles. The molecule has 0 amide bonds. The SMILES string of the molecule is Cc1[c-]n(-c2cccc(C(C)(C)c3cccc(-n4[c-]c(C)nc4)n3)n2)cn1.[Pd+2]. The zero-order chi connectivity index (χ0) is 19.0. The molecule has 0 bridgehead atoms. The van der Waals surface area contributed by atoms with Gasteiger partial charge in [0.2, 0.25) is 0 Å². The first kappa shape index (κ1) is 20.1. The third-order valence-corrected chi connectivity index (χ3v) is 4.54. The van der Waals surface area contributed by atoms with Crippen molar-refractivity contribution in [2.45, 2.75) is 33.1 Å². The van der Waals surface area contributed by atoms with Gasteiger partial charge in [-0.3, -0.25) is 9.97 Å². The van der Waals surface area contributed by atoms with Crippen LogP contribution in [0.1, 0.15) is 36.6 Å². The molecule has 4 heterocycles. The molecule has 0 spiro atoms. The van der Waals surface area contributed by atoms with Gasteiger partial charge < -0.3 is 19.1 Å². The molecule has 4 rings (SSSR count). The molecule has 6 nitrogen and oxygen atoms in total. The van der Waals surface area contributed by atoms with Crippen molar-refractivity contribution in [1.29, 1.82) is 0 Å². The molecular weight excluding hydrogens is 443 g/mol. The van der Waals surface area contributed by atoms with Gasteiger partial charge >= 0.3 is 20.4 Å². The van der Waals surface area contributed by atoms with Crippen molar-refractivity contribution in [2.24, 2.45) is 0 Å². The monoisotopic (exact) mass is 462 g/mol. The van der Waals surface area contributed by atoms with Crippen molar-refractivity contribution in [2.75, 3.05) is 0 Å². The first-order valence-electron chi connectivity index (χ1n) is 8.76. The molecule has 0 atom stereocenters. The molecule has 0 aliphatic rings. The number of hydrogen-bond donors (Lipinski definition) is 0. The van der Waals surface area contributed by atoms with E-state index in [1.807, 2.05) is 59.4 Å². The Hall–Kier alpha value is -2.62. The quantitative estimate of drug-likeness (QED) is 0.344. The second-order valence-corrected chi connectivity index (χ2v) is 7.01. The topological polar surface area (TPSA) is 61.4 Å². The van der Waals surface area contributed by atoms with Gasteiger partial charge in [0, 0.05) is 28.4 Å². The molecule has 4 aromatic heterocycles. The Labute approximate surface area is 178 Å². The van der Waals surface area contributed by atoms with E-state index in [0.29, 0.717) is 0 Å². The minimum absolute atomic E-state index is 0. The largest absolute Gasteiger partial charge is 2.00 e. The van der Waals surface area contributed by atoms with Crippen LogP contribution in [0.15, 0.2) is 49.1 Å². The van der Waals surface area contributed by atoms with E-state index < -0.39 is 0 Å². The van der Waals surface area contributed by atoms with Crippen molar-refractivity contribution < 1.29 is 20.4 Å². The van der Waals surface area contributed by atoms with Gasteiger partial charge in [-0.25, -0.2) is 0 Å². The zero-order valence-corrected chi connectivity index (χ0v) is 17.7. The van der Waals surface area contributed by atoms with Crippen LogP contribution in [0.25, 0.3) is 11.6 Å². The Morgan fingerprint density at radius 2 is 1.18 bits per heavy atom. The summed E-state index contributed by atoms with van der Waals surface area (Å²) in [6, 6.07) is 11.9. The van der Waals surface area contributed by atoms with Gasteiger partial charge in [0.1, 0.15) is 0 Å². The summed E-state index contributed by atoms with van der Waals surface area (Å²) in [7, 11) is 0. The van der Waals surface area contributed by atoms with Crippen molar-refractivity contribution in [3.05, 3.63) is 84.2 Å². The maximum atomic E-state index is 4.84. The summed E-state index contributed by atoms with van der Waals surface area (Å²) >= 11 is 0. The van der Waals surface area contributed by atoms with Gasteiger partial charge in [-0.1, -0.05) is 36.7 Å². The van der Waals surface area contributed by atoms with E-state index in [9.17, 15) is 0 Å². The molecule has 7 heteroatoms. The smallest absolute Gasteiger partial charge is 0.453 e. The Kier molecular flexibility index (Phi) is 5.60. The van der Waals surface area contributed by atoms with Gasteiger partial charge in [-0.05, 0) is 63.9 Å². The first-order valence-corrected chi connectivity index (χ1v) is 8.76. The molecule has 0 aliphatic carbocycles. The molecule has 28 heavy (non-hydrogen) atoms. The fourth-order valence-corrected chi connectivity index (χ4v) is 2.93. The molecule has 0 saturated carbocycles. The van der Waals surface area contributed by atoms with Crippen molar-refractivity contribution in [3.8, 4) is 11.6 Å². The average Bonchev–Trinajstić information content (AvgIpc) is 3.30. The van der Waals surface area contributed by atoms with Crippen LogP contribution in [0.3, 0.4) is 0 Å². The van der Waals surface area contributed by atoms with Gasteiger partial charge in [-0.2, -0.15) is 0 Å². The summed E-state index contributed by atoms with van der Waals surface area (Å²) in [5, 5.41) is 0. The van der Waals surface area contributed by atoms with E-state index in [1.54, 1.807) is 12.7 Å². The molecule has 0 fully saturated rings. The summed E-state index contributed by atoms with van der Waals surface area (Å²) in [5.74, 6) is 1.58. The molecule has 144 valence electrons. The number of nitrogens with zero attached hydrogens (tertiary/aromatic N) is 6. The maximum absolute atomic E-state index is 4.84. The maximum Gasteiger partial charge on any atom is 2.00 e. The fourth-order valence-electron chi connectivity index (χ4n) is 2.93. The average molecular weight is 463 g/mol. The molecule has 0 radical (unpaired) electrons. The Bertz CT molecular complexity index is 1010. The van der Waals surface area contributed by atoms with Crippen LogP contribution < -0.4 is 0 Å². The Balaban J connectivity index is 0.00000225. The van der Waals surface area contributed by atoms with Crippen LogP contribution in [0.5, 0.6) is 0 Å². The van der Waals surface area contributed by atoms with Crippen LogP contribution >= 0.6 is 0 Å². The van der Waals surface area contributed by atoms with Crippen molar-refractivity contribution in [3.63, 3.8) is 0 Å². The van der Waals surface area contributed by atoms with E-state index in [4.69, 9.17) is 9.97 Å². The number of aryl methyl sites for hydroxylation is 2. The van der Waals surface area contributed by atoms with E-state index in [1.165, 1.54) is 0 Å². The number of hydrogen-bond acceptors (Lipinski definition) is 4. The zero-order valence-electron chi connectivity index (χ0n) is 16.1. The number of pyridine rings is 2. The predicted octanol–water partition coefficient (Wildman–Crippen LogP) is 3.39. The van der Waals surface area contributed by atoms with Gasteiger partial charge in [-0.15, -0.1) is 0 Å². The summed E-state index contributed by atoms with van der Waals surface area (Å²) < 4.78 is 3.62. The van der Waals surface area contributed by atoms with Gasteiger partial charge in [0.25, 0.3) is 0 Å². The van der Waals surface area contributed by atoms with E-state index in [2.05, 4.69) is 36.2 Å². The van der Waals surface area contributed by atoms with E-state index in [0.717, 1.165) is 34.4 Å². The van der Waals surface area contributed by atoms with Gasteiger partial charge in [0.15, 0.2) is 0 Å². The third-order valence-electron chi connectivity index (χ3n) is 4.54. The minimum atomic E-state index is -0.378. The number of imidazole rings is 2. The third kappa shape index (κ3) is 3.82. The predicted molar refractivity (Wildman–Crippen MR) is 102 cm³/mol. The Morgan fingerprint density at radius 3 is 1.54 bits per heavy atom. The summed E-state index contributed by atoms with van der Waals surface area (Å²) in [4.78, 5) is 18.1. The Morgan fingerprint density at radius 1 is 0.750 bits per heavy atom. The summed E-state index contributed by atoms with van der Waals surface area (Å²) in [5.41, 5.74) is 3.15.